The molecule has 0 fully saturated rings. The van der Waals surface area contributed by atoms with E-state index in [-0.39, 0.29) is 0 Å². The number of hydrogen-bond donors (Lipinski definition) is 1. The highest BCUT2D eigenvalue weighted by Gasteiger charge is 2.08. The lowest BCUT2D eigenvalue weighted by Gasteiger charge is -2.14. The van der Waals surface area contributed by atoms with Gasteiger partial charge in [-0.3, -0.25) is 4.98 Å². The van der Waals surface area contributed by atoms with Crippen molar-refractivity contribution in [3.05, 3.63) is 52.3 Å². The number of aromatic nitrogens is 1. The van der Waals surface area contributed by atoms with Crippen LogP contribution in [-0.4, -0.2) is 11.5 Å². The first-order chi connectivity index (χ1) is 10.1. The maximum absolute atomic E-state index is 6.03. The Bertz CT molecular complexity index is 599. The third-order valence-corrected chi connectivity index (χ3v) is 3.56. The molecule has 0 aliphatic heterocycles. The van der Waals surface area contributed by atoms with Crippen LogP contribution in [0.1, 0.15) is 25.1 Å². The molecule has 0 spiro atoms. The summed E-state index contributed by atoms with van der Waals surface area (Å²) in [7, 11) is 0. The van der Waals surface area contributed by atoms with E-state index in [1.54, 1.807) is 6.20 Å². The lowest BCUT2D eigenvalue weighted by molar-refractivity contribution is 0.463. The van der Waals surface area contributed by atoms with Gasteiger partial charge in [-0.15, -0.1) is 0 Å². The van der Waals surface area contributed by atoms with Crippen LogP contribution in [0.15, 0.2) is 41.0 Å². The van der Waals surface area contributed by atoms with E-state index in [1.807, 2.05) is 31.2 Å². The predicted octanol–water partition coefficient (Wildman–Crippen LogP) is 4.69. The number of hydrogen-bond acceptors (Lipinski definition) is 3. The number of ether oxygens (including phenoxy) is 1. The summed E-state index contributed by atoms with van der Waals surface area (Å²) in [5.41, 5.74) is 2.02. The second-order valence-electron chi connectivity index (χ2n) is 5.47. The summed E-state index contributed by atoms with van der Waals surface area (Å²) < 4.78 is 7.08. The molecular formula is C17H21BrN2O. The lowest BCUT2D eigenvalue weighted by atomic mass is 10.1. The average molecular weight is 349 g/mol. The molecule has 4 heteroatoms. The van der Waals surface area contributed by atoms with Gasteiger partial charge >= 0.3 is 0 Å². The van der Waals surface area contributed by atoms with Crippen LogP contribution in [0.25, 0.3) is 0 Å². The molecule has 1 aromatic heterocycles. The van der Waals surface area contributed by atoms with E-state index < -0.39 is 0 Å². The molecule has 0 aliphatic rings. The summed E-state index contributed by atoms with van der Waals surface area (Å²) in [6.45, 7) is 8.11. The number of nitrogens with one attached hydrogen (secondary N) is 1. The molecule has 3 nitrogen and oxygen atoms in total. The van der Waals surface area contributed by atoms with E-state index >= 15 is 0 Å². The van der Waals surface area contributed by atoms with Crippen molar-refractivity contribution in [2.75, 3.05) is 6.54 Å². The molecule has 1 heterocycles. The molecule has 21 heavy (non-hydrogen) atoms. The third kappa shape index (κ3) is 4.83. The summed E-state index contributed by atoms with van der Waals surface area (Å²) in [5, 5.41) is 3.45. The van der Waals surface area contributed by atoms with Crippen molar-refractivity contribution < 1.29 is 4.74 Å². The van der Waals surface area contributed by atoms with Crippen molar-refractivity contribution in [1.82, 2.24) is 10.3 Å². The quantitative estimate of drug-likeness (QED) is 0.822. The highest BCUT2D eigenvalue weighted by atomic mass is 79.9. The minimum Gasteiger partial charge on any atom is -0.455 e. The molecule has 0 aliphatic carbocycles. The van der Waals surface area contributed by atoms with E-state index in [2.05, 4.69) is 46.1 Å². The first kappa shape index (κ1) is 16.0. The molecule has 0 saturated heterocycles. The molecule has 112 valence electrons. The minimum atomic E-state index is 0.627. The zero-order chi connectivity index (χ0) is 15.2. The Morgan fingerprint density at radius 1 is 1.24 bits per heavy atom. The molecule has 0 amide bonds. The Morgan fingerprint density at radius 3 is 2.76 bits per heavy atom. The molecule has 2 rings (SSSR count). The summed E-state index contributed by atoms with van der Waals surface area (Å²) in [4.78, 5) is 4.26. The monoisotopic (exact) mass is 348 g/mol. The number of halogens is 1. The van der Waals surface area contributed by atoms with Gasteiger partial charge in [0.05, 0.1) is 5.69 Å². The van der Waals surface area contributed by atoms with Crippen molar-refractivity contribution in [3.63, 3.8) is 0 Å². The Hall–Kier alpha value is -1.39. The first-order valence-electron chi connectivity index (χ1n) is 7.15. The Labute approximate surface area is 134 Å². The van der Waals surface area contributed by atoms with Gasteiger partial charge in [-0.05, 0) is 49.7 Å². The average Bonchev–Trinajstić information content (AvgIpc) is 2.43. The van der Waals surface area contributed by atoms with Gasteiger partial charge in [-0.2, -0.15) is 0 Å². The highest BCUT2D eigenvalue weighted by molar-refractivity contribution is 9.10. The summed E-state index contributed by atoms with van der Waals surface area (Å²) in [6, 6.07) is 9.90. The fourth-order valence-corrected chi connectivity index (χ4v) is 2.39. The summed E-state index contributed by atoms with van der Waals surface area (Å²) >= 11 is 3.52. The van der Waals surface area contributed by atoms with Gasteiger partial charge in [-0.25, -0.2) is 0 Å². The van der Waals surface area contributed by atoms with E-state index in [4.69, 9.17) is 4.74 Å². The molecule has 0 saturated carbocycles. The van der Waals surface area contributed by atoms with Crippen molar-refractivity contribution in [1.29, 1.82) is 0 Å². The fourth-order valence-electron chi connectivity index (χ4n) is 1.98. The lowest BCUT2D eigenvalue weighted by Crippen LogP contribution is -2.19. The van der Waals surface area contributed by atoms with Gasteiger partial charge in [0.2, 0.25) is 0 Å². The minimum absolute atomic E-state index is 0.627. The standard InChI is InChI=1S/C17H21BrN2O/c1-12(2)10-19-11-14-9-15(18)6-7-17(14)21-16-5-4-8-20-13(16)3/h4-9,12,19H,10-11H2,1-3H3. The van der Waals surface area contributed by atoms with Gasteiger partial charge in [-0.1, -0.05) is 29.8 Å². The number of aryl methyl sites for hydroxylation is 1. The molecular weight excluding hydrogens is 328 g/mol. The van der Waals surface area contributed by atoms with E-state index in [9.17, 15) is 0 Å². The zero-order valence-corrected chi connectivity index (χ0v) is 14.3. The topological polar surface area (TPSA) is 34.1 Å². The van der Waals surface area contributed by atoms with Crippen LogP contribution < -0.4 is 10.1 Å². The normalized spacial score (nSPS) is 10.9. The number of benzene rings is 1. The van der Waals surface area contributed by atoms with Gasteiger partial charge in [0, 0.05) is 22.8 Å². The van der Waals surface area contributed by atoms with Crippen LogP contribution in [0.2, 0.25) is 0 Å². The molecule has 1 N–H and O–H groups in total. The van der Waals surface area contributed by atoms with Gasteiger partial charge in [0.15, 0.2) is 0 Å². The molecule has 0 unspecified atom stereocenters. The van der Waals surface area contributed by atoms with Crippen LogP contribution in [0.3, 0.4) is 0 Å². The van der Waals surface area contributed by atoms with Gasteiger partial charge in [0.25, 0.3) is 0 Å². The van der Waals surface area contributed by atoms with Crippen molar-refractivity contribution >= 4 is 15.9 Å². The van der Waals surface area contributed by atoms with Crippen LogP contribution in [0.4, 0.5) is 0 Å². The van der Waals surface area contributed by atoms with Crippen molar-refractivity contribution in [3.8, 4) is 11.5 Å². The second-order valence-corrected chi connectivity index (χ2v) is 6.38. The molecule has 0 bridgehead atoms. The Kier molecular flexibility index (Phi) is 5.76. The zero-order valence-electron chi connectivity index (χ0n) is 12.7. The summed E-state index contributed by atoms with van der Waals surface area (Å²) in [5.74, 6) is 2.29. The SMILES string of the molecule is Cc1ncccc1Oc1ccc(Br)cc1CNCC(C)C. The van der Waals surface area contributed by atoms with Crippen LogP contribution in [0.5, 0.6) is 11.5 Å². The maximum Gasteiger partial charge on any atom is 0.148 e. The highest BCUT2D eigenvalue weighted by Crippen LogP contribution is 2.29. The number of rotatable bonds is 6. The second kappa shape index (κ2) is 7.57. The molecule has 0 atom stereocenters. The van der Waals surface area contributed by atoms with Gasteiger partial charge < -0.3 is 10.1 Å². The van der Waals surface area contributed by atoms with Crippen molar-refractivity contribution in [2.45, 2.75) is 27.3 Å². The smallest absolute Gasteiger partial charge is 0.148 e. The van der Waals surface area contributed by atoms with Gasteiger partial charge in [0.1, 0.15) is 11.5 Å². The molecule has 1 aromatic carbocycles. The van der Waals surface area contributed by atoms with Crippen LogP contribution >= 0.6 is 15.9 Å². The summed E-state index contributed by atoms with van der Waals surface area (Å²) in [6.07, 6.45) is 1.77. The van der Waals surface area contributed by atoms with Crippen LogP contribution in [-0.2, 0) is 6.54 Å². The number of pyridine rings is 1. The first-order valence-corrected chi connectivity index (χ1v) is 7.94. The predicted molar refractivity (Wildman–Crippen MR) is 89.7 cm³/mol. The maximum atomic E-state index is 6.03. The van der Waals surface area contributed by atoms with E-state index in [0.717, 1.165) is 40.3 Å². The fraction of sp³-hybridized carbons (Fsp3) is 0.353. The molecule has 2 aromatic rings. The molecule has 0 radical (unpaired) electrons. The Balaban J connectivity index is 2.16. The van der Waals surface area contributed by atoms with Crippen molar-refractivity contribution in [2.24, 2.45) is 5.92 Å². The van der Waals surface area contributed by atoms with Crippen LogP contribution in [0, 0.1) is 12.8 Å². The van der Waals surface area contributed by atoms with E-state index in [0.29, 0.717) is 5.92 Å². The largest absolute Gasteiger partial charge is 0.455 e. The Morgan fingerprint density at radius 2 is 2.05 bits per heavy atom. The van der Waals surface area contributed by atoms with E-state index in [1.165, 1.54) is 0 Å². The number of nitrogens with zero attached hydrogens (tertiary/aromatic N) is 1. The third-order valence-electron chi connectivity index (χ3n) is 3.07.